The Morgan fingerprint density at radius 1 is 1.25 bits per heavy atom. The third-order valence-corrected chi connectivity index (χ3v) is 3.00. The smallest absolute Gasteiger partial charge is 0.135 e. The molecule has 2 rings (SSSR count). The molecule has 2 aromatic rings. The first-order valence-electron chi connectivity index (χ1n) is 6.48. The highest BCUT2D eigenvalue weighted by Crippen LogP contribution is 2.23. The van der Waals surface area contributed by atoms with E-state index in [1.807, 2.05) is 38.1 Å². The Morgan fingerprint density at radius 2 is 2.00 bits per heavy atom. The number of para-hydroxylation sites is 1. The van der Waals surface area contributed by atoms with Gasteiger partial charge in [0.05, 0.1) is 6.61 Å². The van der Waals surface area contributed by atoms with Crippen LogP contribution in [-0.4, -0.2) is 17.1 Å². The van der Waals surface area contributed by atoms with Gasteiger partial charge in [0.25, 0.3) is 0 Å². The van der Waals surface area contributed by atoms with Crippen LogP contribution in [0.15, 0.2) is 30.3 Å². The largest absolute Gasteiger partial charge is 0.380 e. The minimum atomic E-state index is 0.225. The van der Waals surface area contributed by atoms with Gasteiger partial charge in [-0.2, -0.15) is 0 Å². The van der Waals surface area contributed by atoms with Crippen molar-refractivity contribution < 1.29 is 4.74 Å². The molecule has 0 atom stereocenters. The van der Waals surface area contributed by atoms with Gasteiger partial charge in [-0.05, 0) is 6.07 Å². The van der Waals surface area contributed by atoms with Crippen molar-refractivity contribution in [2.45, 2.75) is 26.4 Å². The molecular formula is C15H18ClN3O. The summed E-state index contributed by atoms with van der Waals surface area (Å²) in [6.45, 7) is 4.61. The van der Waals surface area contributed by atoms with Crippen molar-refractivity contribution in [1.82, 2.24) is 9.97 Å². The number of anilines is 2. The molecule has 1 aromatic heterocycles. The number of nitrogens with one attached hydrogen (secondary N) is 1. The number of hydrogen-bond acceptors (Lipinski definition) is 4. The van der Waals surface area contributed by atoms with Crippen LogP contribution in [0.3, 0.4) is 0 Å². The highest BCUT2D eigenvalue weighted by atomic mass is 35.5. The molecule has 5 heteroatoms. The Kier molecular flexibility index (Phi) is 4.93. The molecule has 4 nitrogen and oxygen atoms in total. The third kappa shape index (κ3) is 3.68. The van der Waals surface area contributed by atoms with E-state index >= 15 is 0 Å². The number of aromatic nitrogens is 2. The topological polar surface area (TPSA) is 47.0 Å². The van der Waals surface area contributed by atoms with Crippen molar-refractivity contribution in [3.8, 4) is 0 Å². The van der Waals surface area contributed by atoms with Crippen LogP contribution in [0.25, 0.3) is 0 Å². The molecule has 0 aliphatic heterocycles. The molecule has 0 bridgehead atoms. The lowest BCUT2D eigenvalue weighted by molar-refractivity contribution is 0.185. The fraction of sp³-hybridized carbons (Fsp3) is 0.333. The van der Waals surface area contributed by atoms with Crippen molar-refractivity contribution in [3.05, 3.63) is 46.9 Å². The standard InChI is InChI=1S/C15H18ClN3O/c1-10(2)15-18-13(16)8-14(19-15)17-12-7-5-4-6-11(12)9-20-3/h4-8,10H,9H2,1-3H3,(H,17,18,19). The maximum atomic E-state index is 6.05. The summed E-state index contributed by atoms with van der Waals surface area (Å²) in [7, 11) is 1.68. The molecular weight excluding hydrogens is 274 g/mol. The second-order valence-electron chi connectivity index (χ2n) is 4.80. The van der Waals surface area contributed by atoms with Gasteiger partial charge in [-0.15, -0.1) is 0 Å². The summed E-state index contributed by atoms with van der Waals surface area (Å²) in [5.74, 6) is 1.64. The lowest BCUT2D eigenvalue weighted by atomic mass is 10.2. The predicted molar refractivity (Wildman–Crippen MR) is 81.6 cm³/mol. The molecule has 1 N–H and O–H groups in total. The summed E-state index contributed by atoms with van der Waals surface area (Å²) in [6, 6.07) is 9.66. The van der Waals surface area contributed by atoms with Crippen molar-refractivity contribution >= 4 is 23.1 Å². The summed E-state index contributed by atoms with van der Waals surface area (Å²) in [5, 5.41) is 3.72. The summed E-state index contributed by atoms with van der Waals surface area (Å²) in [4.78, 5) is 8.71. The highest BCUT2D eigenvalue weighted by Gasteiger charge is 2.08. The van der Waals surface area contributed by atoms with E-state index in [0.717, 1.165) is 17.1 Å². The minimum Gasteiger partial charge on any atom is -0.380 e. The zero-order valence-corrected chi connectivity index (χ0v) is 12.6. The van der Waals surface area contributed by atoms with Gasteiger partial charge in [0.1, 0.15) is 16.8 Å². The number of hydrogen-bond donors (Lipinski definition) is 1. The van der Waals surface area contributed by atoms with Gasteiger partial charge in [0.2, 0.25) is 0 Å². The van der Waals surface area contributed by atoms with E-state index in [4.69, 9.17) is 16.3 Å². The van der Waals surface area contributed by atoms with Crippen molar-refractivity contribution in [2.24, 2.45) is 0 Å². The predicted octanol–water partition coefficient (Wildman–Crippen LogP) is 4.14. The van der Waals surface area contributed by atoms with E-state index in [1.165, 1.54) is 0 Å². The number of benzene rings is 1. The number of methoxy groups -OCH3 is 1. The number of nitrogens with zero attached hydrogens (tertiary/aromatic N) is 2. The maximum Gasteiger partial charge on any atom is 0.135 e. The molecule has 106 valence electrons. The third-order valence-electron chi connectivity index (χ3n) is 2.81. The van der Waals surface area contributed by atoms with E-state index in [-0.39, 0.29) is 5.92 Å². The fourth-order valence-corrected chi connectivity index (χ4v) is 2.01. The van der Waals surface area contributed by atoms with Crippen LogP contribution < -0.4 is 5.32 Å². The number of rotatable bonds is 5. The van der Waals surface area contributed by atoms with Gasteiger partial charge < -0.3 is 10.1 Å². The molecule has 1 heterocycles. The molecule has 0 aliphatic rings. The first kappa shape index (κ1) is 14.8. The summed E-state index contributed by atoms with van der Waals surface area (Å²) in [6.07, 6.45) is 0. The van der Waals surface area contributed by atoms with Crippen molar-refractivity contribution in [2.75, 3.05) is 12.4 Å². The van der Waals surface area contributed by atoms with Crippen LogP contribution in [0.1, 0.15) is 31.2 Å². The molecule has 0 saturated carbocycles. The molecule has 0 amide bonds. The lowest BCUT2D eigenvalue weighted by Crippen LogP contribution is -2.03. The Balaban J connectivity index is 2.30. The van der Waals surface area contributed by atoms with Crippen LogP contribution in [-0.2, 0) is 11.3 Å². The molecule has 1 aromatic carbocycles. The molecule has 0 saturated heterocycles. The molecule has 20 heavy (non-hydrogen) atoms. The molecule has 0 radical (unpaired) electrons. The SMILES string of the molecule is COCc1ccccc1Nc1cc(Cl)nc(C(C)C)n1. The van der Waals surface area contributed by atoms with Gasteiger partial charge in [-0.25, -0.2) is 9.97 Å². The van der Waals surface area contributed by atoms with E-state index in [9.17, 15) is 0 Å². The second-order valence-corrected chi connectivity index (χ2v) is 5.19. The first-order valence-corrected chi connectivity index (χ1v) is 6.86. The van der Waals surface area contributed by atoms with Crippen molar-refractivity contribution in [3.63, 3.8) is 0 Å². The molecule has 0 aliphatic carbocycles. The summed E-state index contributed by atoms with van der Waals surface area (Å²) < 4.78 is 5.19. The van der Waals surface area contributed by atoms with Crippen LogP contribution >= 0.6 is 11.6 Å². The van der Waals surface area contributed by atoms with E-state index in [1.54, 1.807) is 13.2 Å². The average Bonchev–Trinajstić information content (AvgIpc) is 2.40. The average molecular weight is 292 g/mol. The normalized spacial score (nSPS) is 10.8. The van der Waals surface area contributed by atoms with Gasteiger partial charge in [-0.3, -0.25) is 0 Å². The van der Waals surface area contributed by atoms with E-state index in [0.29, 0.717) is 17.6 Å². The minimum absolute atomic E-state index is 0.225. The summed E-state index contributed by atoms with van der Waals surface area (Å²) >= 11 is 6.05. The molecule has 0 spiro atoms. The molecule has 0 unspecified atom stereocenters. The monoisotopic (exact) mass is 291 g/mol. The number of ether oxygens (including phenoxy) is 1. The first-order chi connectivity index (χ1) is 9.60. The fourth-order valence-electron chi connectivity index (χ4n) is 1.82. The second kappa shape index (κ2) is 6.68. The van der Waals surface area contributed by atoms with Crippen molar-refractivity contribution in [1.29, 1.82) is 0 Å². The number of halogens is 1. The van der Waals surface area contributed by atoms with Gasteiger partial charge in [0.15, 0.2) is 0 Å². The van der Waals surface area contributed by atoms with Gasteiger partial charge in [0, 0.05) is 30.3 Å². The maximum absolute atomic E-state index is 6.05. The van der Waals surface area contributed by atoms with Gasteiger partial charge in [-0.1, -0.05) is 43.6 Å². The Bertz CT molecular complexity index is 587. The van der Waals surface area contributed by atoms with E-state index < -0.39 is 0 Å². The van der Waals surface area contributed by atoms with Crippen LogP contribution in [0.4, 0.5) is 11.5 Å². The zero-order valence-electron chi connectivity index (χ0n) is 11.9. The van der Waals surface area contributed by atoms with Crippen LogP contribution in [0.2, 0.25) is 5.15 Å². The summed E-state index contributed by atoms with van der Waals surface area (Å²) in [5.41, 5.74) is 2.02. The highest BCUT2D eigenvalue weighted by molar-refractivity contribution is 6.29. The Morgan fingerprint density at radius 3 is 2.70 bits per heavy atom. The Labute approximate surface area is 124 Å². The lowest BCUT2D eigenvalue weighted by Gasteiger charge is -2.12. The van der Waals surface area contributed by atoms with Crippen LogP contribution in [0, 0.1) is 0 Å². The molecule has 0 fully saturated rings. The van der Waals surface area contributed by atoms with Crippen LogP contribution in [0.5, 0.6) is 0 Å². The Hall–Kier alpha value is -1.65. The van der Waals surface area contributed by atoms with Gasteiger partial charge >= 0.3 is 0 Å². The quantitative estimate of drug-likeness (QED) is 0.841. The zero-order chi connectivity index (χ0) is 14.5. The van der Waals surface area contributed by atoms with E-state index in [2.05, 4.69) is 15.3 Å².